The normalized spacial score (nSPS) is 13.1. The number of nitro groups is 1. The molecule has 1 aliphatic heterocycles. The number of amides is 2. The number of methoxy groups -OCH3 is 1. The van der Waals surface area contributed by atoms with Crippen LogP contribution in [0.15, 0.2) is 107 Å². The number of nitrogens with one attached hydrogen (secondary N) is 2. The molecule has 0 atom stereocenters. The van der Waals surface area contributed by atoms with Gasteiger partial charge in [0.05, 0.1) is 16.9 Å². The Morgan fingerprint density at radius 2 is 1.55 bits per heavy atom. The number of rotatable bonds is 12. The second-order valence-electron chi connectivity index (χ2n) is 10.5. The molecule has 1 aliphatic rings. The van der Waals surface area contributed by atoms with Crippen molar-refractivity contribution in [3.63, 3.8) is 0 Å². The number of hydrogen-bond donors (Lipinski definition) is 2. The summed E-state index contributed by atoms with van der Waals surface area (Å²) in [5.41, 5.74) is 1.27. The van der Waals surface area contributed by atoms with E-state index in [1.165, 1.54) is 24.3 Å². The summed E-state index contributed by atoms with van der Waals surface area (Å²) in [6.07, 6.45) is 0. The molecule has 0 radical (unpaired) electrons. The first-order chi connectivity index (χ1) is 22.6. The Kier molecular flexibility index (Phi) is 10.6. The van der Waals surface area contributed by atoms with Gasteiger partial charge in [0.25, 0.3) is 27.5 Å². The molecule has 0 aromatic heterocycles. The van der Waals surface area contributed by atoms with Crippen molar-refractivity contribution < 1.29 is 27.7 Å². The van der Waals surface area contributed by atoms with Crippen LogP contribution in [0, 0.1) is 10.1 Å². The number of nitro benzene ring substituents is 1. The average Bonchev–Trinajstić information content (AvgIpc) is 3.10. The molecular weight excluding hydrogens is 643 g/mol. The Morgan fingerprint density at radius 3 is 2.19 bits per heavy atom. The van der Waals surface area contributed by atoms with E-state index >= 15 is 0 Å². The molecule has 1 fully saturated rings. The van der Waals surface area contributed by atoms with Gasteiger partial charge < -0.3 is 19.9 Å². The summed E-state index contributed by atoms with van der Waals surface area (Å²) in [4.78, 5) is 41.4. The van der Waals surface area contributed by atoms with Gasteiger partial charge >= 0.3 is 0 Å². The number of anilines is 2. The highest BCUT2D eigenvalue weighted by Crippen LogP contribution is 2.28. The lowest BCUT2D eigenvalue weighted by Crippen LogP contribution is -2.48. The minimum Gasteiger partial charge on any atom is -0.497 e. The number of ether oxygens (including phenoxy) is 1. The van der Waals surface area contributed by atoms with Crippen LogP contribution in [0.2, 0.25) is 0 Å². The van der Waals surface area contributed by atoms with Crippen LogP contribution in [0.3, 0.4) is 0 Å². The van der Waals surface area contributed by atoms with Gasteiger partial charge in [-0.2, -0.15) is 0 Å². The van der Waals surface area contributed by atoms with Crippen LogP contribution in [0.4, 0.5) is 17.1 Å². The Morgan fingerprint density at radius 1 is 0.894 bits per heavy atom. The third-order valence-corrected chi connectivity index (χ3v) is 9.87. The minimum absolute atomic E-state index is 0.0605. The zero-order valence-corrected chi connectivity index (χ0v) is 27.1. The fourth-order valence-corrected chi connectivity index (χ4v) is 6.78. The first-order valence-electron chi connectivity index (χ1n) is 14.7. The standard InChI is InChI=1S/C33H33N5O7S2/c1-45-27-13-9-25(10-14-27)33(40)37-20-18-36(19-21-37)26-11-7-24(8-12-26)32(39)35-47(43,44)29-15-16-30(31(23-29)38(41)42)34-17-22-46-28-5-3-2-4-6-28/h2-16,23,34H,17-22H2,1H3,(H,35,39). The molecule has 4 aromatic rings. The SMILES string of the molecule is COc1ccc(C(=O)N2CCN(c3ccc(C(=O)NS(=O)(=O)c4ccc(NCCSc5ccccc5)c([N+](=O)[O-])c4)cc3)CC2)cc1. The highest BCUT2D eigenvalue weighted by Gasteiger charge is 2.25. The fourth-order valence-electron chi connectivity index (χ4n) is 5.00. The molecule has 0 unspecified atom stereocenters. The van der Waals surface area contributed by atoms with Gasteiger partial charge in [0, 0.05) is 66.3 Å². The Balaban J connectivity index is 1.16. The number of carbonyl (C=O) groups excluding carboxylic acids is 2. The Labute approximate surface area is 276 Å². The maximum absolute atomic E-state index is 13.0. The van der Waals surface area contributed by atoms with Crippen LogP contribution in [0.25, 0.3) is 0 Å². The lowest BCUT2D eigenvalue weighted by Gasteiger charge is -2.36. The van der Waals surface area contributed by atoms with Crippen LogP contribution < -0.4 is 19.7 Å². The third-order valence-electron chi connectivity index (χ3n) is 7.53. The monoisotopic (exact) mass is 675 g/mol. The first-order valence-corrected chi connectivity index (χ1v) is 17.2. The lowest BCUT2D eigenvalue weighted by molar-refractivity contribution is -0.384. The number of piperazine rings is 1. The molecule has 244 valence electrons. The van der Waals surface area contributed by atoms with Gasteiger partial charge in [0.1, 0.15) is 11.4 Å². The summed E-state index contributed by atoms with van der Waals surface area (Å²) >= 11 is 1.58. The van der Waals surface area contributed by atoms with Crippen LogP contribution in [0.5, 0.6) is 5.75 Å². The maximum atomic E-state index is 13.0. The molecule has 5 rings (SSSR count). The molecule has 14 heteroatoms. The van der Waals surface area contributed by atoms with Gasteiger partial charge in [-0.05, 0) is 72.8 Å². The van der Waals surface area contributed by atoms with Gasteiger partial charge in [-0.25, -0.2) is 13.1 Å². The summed E-state index contributed by atoms with van der Waals surface area (Å²) in [5.74, 6) is 0.386. The van der Waals surface area contributed by atoms with E-state index in [9.17, 15) is 28.1 Å². The van der Waals surface area contributed by atoms with E-state index in [1.54, 1.807) is 60.2 Å². The molecule has 1 heterocycles. The number of carbonyl (C=O) groups is 2. The van der Waals surface area contributed by atoms with E-state index in [4.69, 9.17) is 4.74 Å². The second kappa shape index (κ2) is 15.0. The van der Waals surface area contributed by atoms with Crippen molar-refractivity contribution in [2.45, 2.75) is 9.79 Å². The summed E-state index contributed by atoms with van der Waals surface area (Å²) < 4.78 is 33.2. The Bertz CT molecular complexity index is 1830. The lowest BCUT2D eigenvalue weighted by atomic mass is 10.1. The summed E-state index contributed by atoms with van der Waals surface area (Å²) in [5, 5.41) is 14.7. The van der Waals surface area contributed by atoms with Crippen molar-refractivity contribution in [3.8, 4) is 5.75 Å². The number of thioether (sulfide) groups is 1. The highest BCUT2D eigenvalue weighted by molar-refractivity contribution is 7.99. The van der Waals surface area contributed by atoms with E-state index in [-0.39, 0.29) is 17.2 Å². The molecule has 1 saturated heterocycles. The van der Waals surface area contributed by atoms with E-state index in [0.717, 1.165) is 16.6 Å². The molecule has 0 spiro atoms. The summed E-state index contributed by atoms with van der Waals surface area (Å²) in [6, 6.07) is 26.6. The molecule has 0 aliphatic carbocycles. The van der Waals surface area contributed by atoms with E-state index in [1.807, 2.05) is 35.1 Å². The van der Waals surface area contributed by atoms with Crippen molar-refractivity contribution in [2.75, 3.05) is 55.8 Å². The molecule has 0 bridgehead atoms. The van der Waals surface area contributed by atoms with Crippen molar-refractivity contribution in [3.05, 3.63) is 118 Å². The van der Waals surface area contributed by atoms with Crippen molar-refractivity contribution >= 4 is 50.7 Å². The van der Waals surface area contributed by atoms with E-state index in [2.05, 4.69) is 10.2 Å². The van der Waals surface area contributed by atoms with Gasteiger partial charge in [-0.1, -0.05) is 18.2 Å². The number of nitrogens with zero attached hydrogens (tertiary/aromatic N) is 3. The van der Waals surface area contributed by atoms with Gasteiger partial charge in [-0.15, -0.1) is 11.8 Å². The van der Waals surface area contributed by atoms with Crippen LogP contribution in [0.1, 0.15) is 20.7 Å². The summed E-state index contributed by atoms with van der Waals surface area (Å²) in [6.45, 7) is 2.60. The summed E-state index contributed by atoms with van der Waals surface area (Å²) in [7, 11) is -2.84. The Hall–Kier alpha value is -5.08. The smallest absolute Gasteiger partial charge is 0.293 e. The zero-order chi connectivity index (χ0) is 33.4. The average molecular weight is 676 g/mol. The predicted octanol–water partition coefficient (Wildman–Crippen LogP) is 4.89. The molecule has 2 amide bonds. The van der Waals surface area contributed by atoms with Gasteiger partial charge in [0.2, 0.25) is 0 Å². The number of sulfonamides is 1. The fraction of sp³-hybridized carbons (Fsp3) is 0.212. The topological polar surface area (TPSA) is 151 Å². The van der Waals surface area contributed by atoms with Crippen LogP contribution in [-0.4, -0.2) is 75.6 Å². The molecule has 0 saturated carbocycles. The highest BCUT2D eigenvalue weighted by atomic mass is 32.2. The van der Waals surface area contributed by atoms with Gasteiger partial charge in [0.15, 0.2) is 0 Å². The van der Waals surface area contributed by atoms with Crippen LogP contribution >= 0.6 is 11.8 Å². The van der Waals surface area contributed by atoms with E-state index in [0.29, 0.717) is 49.8 Å². The van der Waals surface area contributed by atoms with Crippen molar-refractivity contribution in [2.24, 2.45) is 0 Å². The largest absolute Gasteiger partial charge is 0.497 e. The molecule has 12 nitrogen and oxygen atoms in total. The zero-order valence-electron chi connectivity index (χ0n) is 25.5. The number of benzene rings is 4. The van der Waals surface area contributed by atoms with Crippen molar-refractivity contribution in [1.29, 1.82) is 0 Å². The first kappa shape index (κ1) is 33.3. The predicted molar refractivity (Wildman–Crippen MR) is 181 cm³/mol. The molecule has 47 heavy (non-hydrogen) atoms. The quantitative estimate of drug-likeness (QED) is 0.0920. The van der Waals surface area contributed by atoms with Crippen molar-refractivity contribution in [1.82, 2.24) is 9.62 Å². The van der Waals surface area contributed by atoms with Gasteiger partial charge in [-0.3, -0.25) is 19.7 Å². The molecule has 2 N–H and O–H groups in total. The van der Waals surface area contributed by atoms with Crippen LogP contribution in [-0.2, 0) is 10.0 Å². The third kappa shape index (κ3) is 8.40. The minimum atomic E-state index is -4.40. The maximum Gasteiger partial charge on any atom is 0.293 e. The second-order valence-corrected chi connectivity index (χ2v) is 13.4. The van der Waals surface area contributed by atoms with E-state index < -0.39 is 31.4 Å². The number of hydrogen-bond acceptors (Lipinski definition) is 10. The molecular formula is C33H33N5O7S2. The molecule has 4 aromatic carbocycles.